The predicted octanol–water partition coefficient (Wildman–Crippen LogP) is 13.8. The van der Waals surface area contributed by atoms with E-state index in [2.05, 4.69) is 181 Å². The SMILES string of the molecule is c1ccc(-c2ccccc2N(c2cc3ccc4ccccc4c3c3ccccc23)c2cccc3c2sc2cc4ccccc4cc23)cc1. The van der Waals surface area contributed by atoms with Crippen LogP contribution in [0.1, 0.15) is 0 Å². The van der Waals surface area contributed by atoms with E-state index in [9.17, 15) is 0 Å². The van der Waals surface area contributed by atoms with Crippen LogP contribution in [0.2, 0.25) is 0 Å². The minimum absolute atomic E-state index is 1.16. The van der Waals surface area contributed by atoms with E-state index < -0.39 is 0 Å². The van der Waals surface area contributed by atoms with Crippen LogP contribution in [0.25, 0.3) is 74.4 Å². The number of para-hydroxylation sites is 1. The number of hydrogen-bond donors (Lipinski definition) is 0. The van der Waals surface area contributed by atoms with Gasteiger partial charge in [0, 0.05) is 26.4 Å². The van der Waals surface area contributed by atoms with Crippen LogP contribution in [0.5, 0.6) is 0 Å². The van der Waals surface area contributed by atoms with Crippen LogP contribution >= 0.6 is 11.3 Å². The van der Waals surface area contributed by atoms with E-state index in [4.69, 9.17) is 0 Å². The number of rotatable bonds is 4. The zero-order valence-corrected chi connectivity index (χ0v) is 26.9. The highest BCUT2D eigenvalue weighted by molar-refractivity contribution is 7.26. The molecule has 0 aliphatic carbocycles. The lowest BCUT2D eigenvalue weighted by atomic mass is 9.94. The lowest BCUT2D eigenvalue weighted by Crippen LogP contribution is -2.12. The molecule has 224 valence electrons. The fourth-order valence-corrected chi connectivity index (χ4v) is 8.84. The van der Waals surface area contributed by atoms with Gasteiger partial charge in [-0.15, -0.1) is 11.3 Å². The summed E-state index contributed by atoms with van der Waals surface area (Å²) in [6, 6.07) is 64.5. The van der Waals surface area contributed by atoms with Crippen molar-refractivity contribution in [1.82, 2.24) is 0 Å². The van der Waals surface area contributed by atoms with E-state index in [1.165, 1.54) is 85.8 Å². The molecule has 0 amide bonds. The number of benzene rings is 9. The lowest BCUT2D eigenvalue weighted by Gasteiger charge is -2.30. The van der Waals surface area contributed by atoms with Gasteiger partial charge in [-0.2, -0.15) is 0 Å². The maximum atomic E-state index is 2.52. The Hall–Kier alpha value is -5.96. The van der Waals surface area contributed by atoms with Gasteiger partial charge in [-0.3, -0.25) is 0 Å². The van der Waals surface area contributed by atoms with Crippen LogP contribution in [0.3, 0.4) is 0 Å². The number of anilines is 3. The average Bonchev–Trinajstić information content (AvgIpc) is 3.52. The van der Waals surface area contributed by atoms with Gasteiger partial charge in [0.15, 0.2) is 0 Å². The Morgan fingerprint density at radius 1 is 0.354 bits per heavy atom. The molecule has 1 heterocycles. The zero-order valence-electron chi connectivity index (χ0n) is 26.1. The van der Waals surface area contributed by atoms with Crippen molar-refractivity contribution in [3.05, 3.63) is 176 Å². The second-order valence-electron chi connectivity index (χ2n) is 12.5. The van der Waals surface area contributed by atoms with Gasteiger partial charge in [-0.25, -0.2) is 0 Å². The Balaban J connectivity index is 1.34. The molecule has 0 aliphatic heterocycles. The van der Waals surface area contributed by atoms with Gasteiger partial charge in [0.25, 0.3) is 0 Å². The molecule has 2 heteroatoms. The highest BCUT2D eigenvalue weighted by Gasteiger charge is 2.23. The third kappa shape index (κ3) is 4.17. The monoisotopic (exact) mass is 627 g/mol. The van der Waals surface area contributed by atoms with Crippen molar-refractivity contribution < 1.29 is 0 Å². The standard InChI is InChI=1S/C46H29NS/c1-2-13-30(14-3-1)35-18-10-11-23-41(35)47(42-24-12-22-39-40-27-32-16-4-5-17-33(32)29-44(40)48-46(39)42)43-28-34-26-25-31-15-6-7-19-36(31)45(34)38-21-9-8-20-37(38)43/h1-29H. The van der Waals surface area contributed by atoms with Gasteiger partial charge in [0.05, 0.1) is 21.8 Å². The van der Waals surface area contributed by atoms with Crippen molar-refractivity contribution in [2.45, 2.75) is 0 Å². The topological polar surface area (TPSA) is 3.24 Å². The van der Waals surface area contributed by atoms with Gasteiger partial charge in [-0.05, 0) is 73.6 Å². The first-order chi connectivity index (χ1) is 23.8. The van der Waals surface area contributed by atoms with Crippen molar-refractivity contribution in [2.24, 2.45) is 0 Å². The first-order valence-electron chi connectivity index (χ1n) is 16.4. The van der Waals surface area contributed by atoms with Crippen LogP contribution in [-0.2, 0) is 0 Å². The summed E-state index contributed by atoms with van der Waals surface area (Å²) >= 11 is 1.89. The minimum Gasteiger partial charge on any atom is -0.308 e. The summed E-state index contributed by atoms with van der Waals surface area (Å²) in [6.45, 7) is 0. The maximum Gasteiger partial charge on any atom is 0.0640 e. The molecule has 48 heavy (non-hydrogen) atoms. The van der Waals surface area contributed by atoms with Gasteiger partial charge in [0.1, 0.15) is 0 Å². The van der Waals surface area contributed by atoms with Crippen molar-refractivity contribution in [3.63, 3.8) is 0 Å². The van der Waals surface area contributed by atoms with Crippen LogP contribution in [0.15, 0.2) is 176 Å². The summed E-state index contributed by atoms with van der Waals surface area (Å²) in [4.78, 5) is 2.52. The molecular weight excluding hydrogens is 599 g/mol. The van der Waals surface area contributed by atoms with E-state index >= 15 is 0 Å². The van der Waals surface area contributed by atoms with Crippen molar-refractivity contribution >= 4 is 91.7 Å². The van der Waals surface area contributed by atoms with Gasteiger partial charge >= 0.3 is 0 Å². The molecule has 10 rings (SSSR count). The molecule has 1 nitrogen and oxygen atoms in total. The molecule has 1 aromatic heterocycles. The molecule has 0 aliphatic rings. The first-order valence-corrected chi connectivity index (χ1v) is 17.3. The van der Waals surface area contributed by atoms with Crippen molar-refractivity contribution in [3.8, 4) is 11.1 Å². The van der Waals surface area contributed by atoms with Gasteiger partial charge in [-0.1, -0.05) is 146 Å². The van der Waals surface area contributed by atoms with Crippen molar-refractivity contribution in [2.75, 3.05) is 4.90 Å². The van der Waals surface area contributed by atoms with Crippen molar-refractivity contribution in [1.29, 1.82) is 0 Å². The summed E-state index contributed by atoms with van der Waals surface area (Å²) in [7, 11) is 0. The molecule has 0 N–H and O–H groups in total. The van der Waals surface area contributed by atoms with Crippen LogP contribution in [0, 0.1) is 0 Å². The number of thiophene rings is 1. The number of fused-ring (bicyclic) bond motifs is 9. The highest BCUT2D eigenvalue weighted by Crippen LogP contribution is 2.50. The van der Waals surface area contributed by atoms with E-state index in [1.54, 1.807) is 0 Å². The fraction of sp³-hybridized carbons (Fsp3) is 0. The fourth-order valence-electron chi connectivity index (χ4n) is 7.61. The predicted molar refractivity (Wildman–Crippen MR) is 209 cm³/mol. The normalized spacial score (nSPS) is 11.8. The molecule has 10 aromatic rings. The average molecular weight is 628 g/mol. The second-order valence-corrected chi connectivity index (χ2v) is 13.5. The van der Waals surface area contributed by atoms with E-state index in [-0.39, 0.29) is 0 Å². The Morgan fingerprint density at radius 3 is 1.83 bits per heavy atom. The summed E-state index contributed by atoms with van der Waals surface area (Å²) in [5.74, 6) is 0. The molecular formula is C46H29NS. The van der Waals surface area contributed by atoms with Crippen LogP contribution in [-0.4, -0.2) is 0 Å². The second kappa shape index (κ2) is 10.8. The summed E-state index contributed by atoms with van der Waals surface area (Å²) < 4.78 is 2.59. The minimum atomic E-state index is 1.16. The molecule has 9 aromatic carbocycles. The van der Waals surface area contributed by atoms with E-state index in [0.717, 1.165) is 5.69 Å². The summed E-state index contributed by atoms with van der Waals surface area (Å²) in [6.07, 6.45) is 0. The molecule has 0 saturated heterocycles. The quantitative estimate of drug-likeness (QED) is 0.176. The Labute approximate surface area is 282 Å². The molecule has 0 bridgehead atoms. The molecule has 0 atom stereocenters. The molecule has 0 radical (unpaired) electrons. The number of hydrogen-bond acceptors (Lipinski definition) is 2. The van der Waals surface area contributed by atoms with Gasteiger partial charge in [0.2, 0.25) is 0 Å². The summed E-state index contributed by atoms with van der Waals surface area (Å²) in [5.41, 5.74) is 5.91. The maximum absolute atomic E-state index is 2.52. The highest BCUT2D eigenvalue weighted by atomic mass is 32.1. The lowest BCUT2D eigenvalue weighted by molar-refractivity contribution is 1.32. The Kier molecular flexibility index (Phi) is 6.12. The smallest absolute Gasteiger partial charge is 0.0640 e. The molecule has 0 spiro atoms. The van der Waals surface area contributed by atoms with E-state index in [1.807, 2.05) is 11.3 Å². The first kappa shape index (κ1) is 27.2. The molecule has 0 unspecified atom stereocenters. The van der Waals surface area contributed by atoms with Crippen LogP contribution < -0.4 is 4.90 Å². The zero-order chi connectivity index (χ0) is 31.6. The Morgan fingerprint density at radius 2 is 0.979 bits per heavy atom. The molecule has 0 fully saturated rings. The third-order valence-electron chi connectivity index (χ3n) is 9.78. The van der Waals surface area contributed by atoms with Crippen LogP contribution in [0.4, 0.5) is 17.1 Å². The van der Waals surface area contributed by atoms with Gasteiger partial charge < -0.3 is 4.90 Å². The third-order valence-corrected chi connectivity index (χ3v) is 11.0. The van der Waals surface area contributed by atoms with E-state index in [0.29, 0.717) is 0 Å². The number of nitrogens with zero attached hydrogens (tertiary/aromatic N) is 1. The summed E-state index contributed by atoms with van der Waals surface area (Å²) in [5, 5.41) is 12.7. The Bertz CT molecular complexity index is 2850. The molecule has 0 saturated carbocycles. The largest absolute Gasteiger partial charge is 0.308 e.